The van der Waals surface area contributed by atoms with E-state index in [0.29, 0.717) is 25.6 Å². The Labute approximate surface area is 109 Å². The maximum atomic E-state index is 8.72. The van der Waals surface area contributed by atoms with Crippen LogP contribution in [0.2, 0.25) is 0 Å². The SMILES string of the molecule is COc1ccc(CNCCO)cc1OCC(C)C. The number of aliphatic hydroxyl groups excluding tert-OH is 1. The first-order chi connectivity index (χ1) is 8.67. The second-order valence-corrected chi connectivity index (χ2v) is 4.59. The lowest BCUT2D eigenvalue weighted by Gasteiger charge is -2.14. The molecule has 0 saturated heterocycles. The van der Waals surface area contributed by atoms with Gasteiger partial charge in [0.05, 0.1) is 20.3 Å². The topological polar surface area (TPSA) is 50.7 Å². The van der Waals surface area contributed by atoms with E-state index in [4.69, 9.17) is 14.6 Å². The van der Waals surface area contributed by atoms with Gasteiger partial charge in [-0.3, -0.25) is 0 Å². The number of nitrogens with one attached hydrogen (secondary N) is 1. The Balaban J connectivity index is 2.68. The van der Waals surface area contributed by atoms with Gasteiger partial charge in [0, 0.05) is 13.1 Å². The van der Waals surface area contributed by atoms with Gasteiger partial charge in [-0.25, -0.2) is 0 Å². The van der Waals surface area contributed by atoms with Crippen LogP contribution in [0, 0.1) is 5.92 Å². The van der Waals surface area contributed by atoms with Crippen molar-refractivity contribution >= 4 is 0 Å². The molecule has 18 heavy (non-hydrogen) atoms. The monoisotopic (exact) mass is 253 g/mol. The van der Waals surface area contributed by atoms with E-state index in [1.807, 2.05) is 18.2 Å². The predicted molar refractivity (Wildman–Crippen MR) is 72.1 cm³/mol. The van der Waals surface area contributed by atoms with Crippen molar-refractivity contribution in [1.82, 2.24) is 5.32 Å². The first-order valence-electron chi connectivity index (χ1n) is 6.28. The Morgan fingerprint density at radius 1 is 1.28 bits per heavy atom. The van der Waals surface area contributed by atoms with Crippen LogP contribution >= 0.6 is 0 Å². The Bertz CT molecular complexity index is 353. The number of aliphatic hydroxyl groups is 1. The molecule has 1 rings (SSSR count). The van der Waals surface area contributed by atoms with E-state index >= 15 is 0 Å². The quantitative estimate of drug-likeness (QED) is 0.694. The summed E-state index contributed by atoms with van der Waals surface area (Å²) in [4.78, 5) is 0. The lowest BCUT2D eigenvalue weighted by atomic mass is 10.2. The average molecular weight is 253 g/mol. The molecule has 0 bridgehead atoms. The fourth-order valence-corrected chi connectivity index (χ4v) is 1.51. The molecule has 0 unspecified atom stereocenters. The molecule has 0 spiro atoms. The van der Waals surface area contributed by atoms with E-state index in [1.165, 1.54) is 0 Å². The van der Waals surface area contributed by atoms with Crippen molar-refractivity contribution in [3.05, 3.63) is 23.8 Å². The molecule has 4 nitrogen and oxygen atoms in total. The normalized spacial score (nSPS) is 10.7. The van der Waals surface area contributed by atoms with Crippen LogP contribution in [0.5, 0.6) is 11.5 Å². The summed E-state index contributed by atoms with van der Waals surface area (Å²) in [5.41, 5.74) is 1.11. The molecule has 0 aliphatic carbocycles. The van der Waals surface area contributed by atoms with E-state index < -0.39 is 0 Å². The lowest BCUT2D eigenvalue weighted by Crippen LogP contribution is -2.17. The van der Waals surface area contributed by atoms with Gasteiger partial charge in [-0.2, -0.15) is 0 Å². The molecular weight excluding hydrogens is 230 g/mol. The zero-order chi connectivity index (χ0) is 13.4. The van der Waals surface area contributed by atoms with Gasteiger partial charge in [0.15, 0.2) is 11.5 Å². The third-order valence-electron chi connectivity index (χ3n) is 2.42. The van der Waals surface area contributed by atoms with Crippen LogP contribution in [0.25, 0.3) is 0 Å². The largest absolute Gasteiger partial charge is 0.493 e. The van der Waals surface area contributed by atoms with Gasteiger partial charge < -0.3 is 19.9 Å². The predicted octanol–water partition coefficient (Wildman–Crippen LogP) is 1.81. The van der Waals surface area contributed by atoms with E-state index in [-0.39, 0.29) is 6.61 Å². The molecule has 0 aliphatic rings. The van der Waals surface area contributed by atoms with Crippen molar-refractivity contribution in [3.8, 4) is 11.5 Å². The van der Waals surface area contributed by atoms with Gasteiger partial charge in [0.2, 0.25) is 0 Å². The molecule has 0 aliphatic heterocycles. The van der Waals surface area contributed by atoms with Crippen LogP contribution in [0.1, 0.15) is 19.4 Å². The molecule has 0 heterocycles. The first-order valence-corrected chi connectivity index (χ1v) is 6.28. The molecule has 102 valence electrons. The van der Waals surface area contributed by atoms with E-state index in [2.05, 4.69) is 19.2 Å². The third-order valence-corrected chi connectivity index (χ3v) is 2.42. The molecule has 4 heteroatoms. The number of hydrogen-bond donors (Lipinski definition) is 2. The van der Waals surface area contributed by atoms with Crippen molar-refractivity contribution in [2.24, 2.45) is 5.92 Å². The van der Waals surface area contributed by atoms with Gasteiger partial charge in [-0.1, -0.05) is 19.9 Å². The number of methoxy groups -OCH3 is 1. The number of hydrogen-bond acceptors (Lipinski definition) is 4. The molecule has 0 aromatic heterocycles. The molecule has 0 radical (unpaired) electrons. The second-order valence-electron chi connectivity index (χ2n) is 4.59. The van der Waals surface area contributed by atoms with E-state index in [9.17, 15) is 0 Å². The summed E-state index contributed by atoms with van der Waals surface area (Å²) in [5, 5.41) is 11.9. The highest BCUT2D eigenvalue weighted by Gasteiger charge is 2.06. The van der Waals surface area contributed by atoms with Crippen LogP contribution in [0.15, 0.2) is 18.2 Å². The van der Waals surface area contributed by atoms with Crippen molar-refractivity contribution in [3.63, 3.8) is 0 Å². The minimum absolute atomic E-state index is 0.146. The number of rotatable bonds is 8. The van der Waals surface area contributed by atoms with E-state index in [1.54, 1.807) is 7.11 Å². The maximum Gasteiger partial charge on any atom is 0.161 e. The van der Waals surface area contributed by atoms with Gasteiger partial charge in [-0.15, -0.1) is 0 Å². The van der Waals surface area contributed by atoms with Gasteiger partial charge in [0.1, 0.15) is 0 Å². The number of ether oxygens (including phenoxy) is 2. The summed E-state index contributed by atoms with van der Waals surface area (Å²) in [6.45, 7) is 6.34. The summed E-state index contributed by atoms with van der Waals surface area (Å²) in [6.07, 6.45) is 0. The molecule has 0 saturated carbocycles. The van der Waals surface area contributed by atoms with Gasteiger partial charge in [-0.05, 0) is 23.6 Å². The molecule has 0 amide bonds. The fourth-order valence-electron chi connectivity index (χ4n) is 1.51. The Hall–Kier alpha value is -1.26. The molecule has 1 aromatic rings. The molecular formula is C14H23NO3. The van der Waals surface area contributed by atoms with Crippen LogP contribution in [0.4, 0.5) is 0 Å². The highest BCUT2D eigenvalue weighted by Crippen LogP contribution is 2.28. The Kier molecular flexibility index (Phi) is 6.54. The minimum Gasteiger partial charge on any atom is -0.493 e. The highest BCUT2D eigenvalue weighted by molar-refractivity contribution is 5.42. The molecule has 2 N–H and O–H groups in total. The summed E-state index contributed by atoms with van der Waals surface area (Å²) >= 11 is 0. The summed E-state index contributed by atoms with van der Waals surface area (Å²) in [5.74, 6) is 2.00. The molecule has 0 atom stereocenters. The summed E-state index contributed by atoms with van der Waals surface area (Å²) in [6, 6.07) is 5.88. The Morgan fingerprint density at radius 2 is 2.06 bits per heavy atom. The highest BCUT2D eigenvalue weighted by atomic mass is 16.5. The van der Waals surface area contributed by atoms with Crippen LogP contribution in [0.3, 0.4) is 0 Å². The molecule has 1 aromatic carbocycles. The zero-order valence-electron chi connectivity index (χ0n) is 11.4. The summed E-state index contributed by atoms with van der Waals surface area (Å²) < 4.78 is 11.0. The standard InChI is InChI=1S/C14H23NO3/c1-11(2)10-18-14-8-12(9-15-6-7-16)4-5-13(14)17-3/h4-5,8,11,15-16H,6-7,9-10H2,1-3H3. The smallest absolute Gasteiger partial charge is 0.161 e. The first kappa shape index (κ1) is 14.8. The lowest BCUT2D eigenvalue weighted by molar-refractivity contribution is 0.256. The zero-order valence-corrected chi connectivity index (χ0v) is 11.4. The molecule has 0 fully saturated rings. The fraction of sp³-hybridized carbons (Fsp3) is 0.571. The second kappa shape index (κ2) is 7.95. The van der Waals surface area contributed by atoms with Gasteiger partial charge in [0.25, 0.3) is 0 Å². The van der Waals surface area contributed by atoms with Crippen molar-refractivity contribution in [1.29, 1.82) is 0 Å². The van der Waals surface area contributed by atoms with Gasteiger partial charge >= 0.3 is 0 Å². The third kappa shape index (κ3) is 4.94. The maximum absolute atomic E-state index is 8.72. The average Bonchev–Trinajstić information content (AvgIpc) is 2.37. The van der Waals surface area contributed by atoms with Crippen molar-refractivity contribution in [2.45, 2.75) is 20.4 Å². The summed E-state index contributed by atoms with van der Waals surface area (Å²) in [7, 11) is 1.64. The van der Waals surface area contributed by atoms with Crippen LogP contribution < -0.4 is 14.8 Å². The van der Waals surface area contributed by atoms with Crippen molar-refractivity contribution < 1.29 is 14.6 Å². The van der Waals surface area contributed by atoms with Crippen molar-refractivity contribution in [2.75, 3.05) is 26.9 Å². The Morgan fingerprint density at radius 3 is 2.67 bits per heavy atom. The van der Waals surface area contributed by atoms with Crippen LogP contribution in [-0.4, -0.2) is 32.0 Å². The number of benzene rings is 1. The minimum atomic E-state index is 0.146. The van der Waals surface area contributed by atoms with E-state index in [0.717, 1.165) is 17.1 Å². The van der Waals surface area contributed by atoms with Crippen LogP contribution in [-0.2, 0) is 6.54 Å².